The van der Waals surface area contributed by atoms with Crippen LogP contribution >= 0.6 is 34.8 Å². The summed E-state index contributed by atoms with van der Waals surface area (Å²) in [4.78, 5) is 11.4. The third-order valence-electron chi connectivity index (χ3n) is 3.33. The Hall–Kier alpha value is -1.27. The van der Waals surface area contributed by atoms with Crippen molar-refractivity contribution < 1.29 is 9.90 Å². The molecule has 5 nitrogen and oxygen atoms in total. The van der Waals surface area contributed by atoms with E-state index in [-0.39, 0.29) is 5.69 Å². The predicted octanol–water partition coefficient (Wildman–Crippen LogP) is 3.18. The molecule has 8 heteroatoms. The monoisotopic (exact) mass is 345 g/mol. The summed E-state index contributed by atoms with van der Waals surface area (Å²) in [5.74, 6) is -1.07. The fourth-order valence-corrected chi connectivity index (χ4v) is 3.42. The maximum absolute atomic E-state index is 11.4. The lowest BCUT2D eigenvalue weighted by Gasteiger charge is -2.16. The van der Waals surface area contributed by atoms with E-state index in [1.54, 1.807) is 12.1 Å². The number of carboxylic acids is 1. The second-order valence-electron chi connectivity index (χ2n) is 4.64. The zero-order chi connectivity index (χ0) is 15.1. The lowest BCUT2D eigenvalue weighted by Crippen LogP contribution is -2.25. The van der Waals surface area contributed by atoms with Crippen molar-refractivity contribution in [2.24, 2.45) is 0 Å². The van der Waals surface area contributed by atoms with Crippen LogP contribution in [0.5, 0.6) is 0 Å². The summed E-state index contributed by atoms with van der Waals surface area (Å²) in [5, 5.41) is 17.7. The Bertz CT molecular complexity index is 719. The van der Waals surface area contributed by atoms with Gasteiger partial charge in [0.15, 0.2) is 5.69 Å². The molecule has 0 radical (unpaired) electrons. The molecule has 0 atom stereocenters. The summed E-state index contributed by atoms with van der Waals surface area (Å²) >= 11 is 18.3. The zero-order valence-electron chi connectivity index (χ0n) is 10.7. The van der Waals surface area contributed by atoms with Crippen molar-refractivity contribution in [2.45, 2.75) is 13.0 Å². The van der Waals surface area contributed by atoms with E-state index in [1.807, 2.05) is 0 Å². The molecule has 0 aliphatic carbocycles. The van der Waals surface area contributed by atoms with Gasteiger partial charge in [-0.05, 0) is 12.1 Å². The second-order valence-corrected chi connectivity index (χ2v) is 5.89. The van der Waals surface area contributed by atoms with E-state index in [2.05, 4.69) is 10.4 Å². The minimum atomic E-state index is -1.07. The SMILES string of the molecule is O=C(O)c1nn(-c2c(Cl)cc(Cl)cc2Cl)c2c1CNCC2. The zero-order valence-corrected chi connectivity index (χ0v) is 12.9. The highest BCUT2D eigenvalue weighted by atomic mass is 35.5. The minimum Gasteiger partial charge on any atom is -0.476 e. The number of rotatable bonds is 2. The van der Waals surface area contributed by atoms with Crippen LogP contribution in [0.15, 0.2) is 12.1 Å². The van der Waals surface area contributed by atoms with Crippen molar-refractivity contribution in [1.82, 2.24) is 15.1 Å². The Morgan fingerprint density at radius 1 is 1.29 bits per heavy atom. The number of halogens is 3. The highest BCUT2D eigenvalue weighted by Gasteiger charge is 2.26. The highest BCUT2D eigenvalue weighted by molar-refractivity contribution is 6.40. The number of aromatic carboxylic acids is 1. The first-order chi connectivity index (χ1) is 9.99. The molecule has 0 bridgehead atoms. The summed E-state index contributed by atoms with van der Waals surface area (Å²) in [6, 6.07) is 3.11. The minimum absolute atomic E-state index is 0.0132. The molecule has 0 saturated heterocycles. The maximum Gasteiger partial charge on any atom is 0.356 e. The number of aromatic nitrogens is 2. The summed E-state index contributed by atoms with van der Waals surface area (Å²) < 4.78 is 1.51. The molecule has 1 aliphatic rings. The fraction of sp³-hybridized carbons (Fsp3) is 0.231. The van der Waals surface area contributed by atoms with Gasteiger partial charge in [0.2, 0.25) is 0 Å². The van der Waals surface area contributed by atoms with E-state index >= 15 is 0 Å². The Kier molecular flexibility index (Phi) is 3.84. The molecule has 1 aliphatic heterocycles. The van der Waals surface area contributed by atoms with Gasteiger partial charge in [0.05, 0.1) is 15.7 Å². The molecule has 2 N–H and O–H groups in total. The molecule has 0 unspecified atom stereocenters. The molecule has 2 heterocycles. The van der Waals surface area contributed by atoms with Crippen molar-refractivity contribution in [1.29, 1.82) is 0 Å². The van der Waals surface area contributed by atoms with E-state index in [4.69, 9.17) is 34.8 Å². The Balaban J connectivity index is 2.26. The Morgan fingerprint density at radius 3 is 2.57 bits per heavy atom. The predicted molar refractivity (Wildman–Crippen MR) is 81.0 cm³/mol. The number of hydrogen-bond acceptors (Lipinski definition) is 3. The normalized spacial score (nSPS) is 14.0. The smallest absolute Gasteiger partial charge is 0.356 e. The molecular formula is C13H10Cl3N3O2. The van der Waals surface area contributed by atoms with Gasteiger partial charge in [-0.25, -0.2) is 9.48 Å². The van der Waals surface area contributed by atoms with Crippen LogP contribution in [0.2, 0.25) is 15.1 Å². The van der Waals surface area contributed by atoms with Crippen molar-refractivity contribution in [3.05, 3.63) is 44.2 Å². The van der Waals surface area contributed by atoms with Crippen LogP contribution < -0.4 is 5.32 Å². The van der Waals surface area contributed by atoms with Gasteiger partial charge in [0, 0.05) is 30.1 Å². The Labute approximate surface area is 135 Å². The molecule has 0 saturated carbocycles. The molecule has 0 amide bonds. The number of nitrogens with one attached hydrogen (secondary N) is 1. The standard InChI is InChI=1S/C13H10Cl3N3O2/c14-6-3-8(15)12(9(16)4-6)19-10-1-2-17-5-7(10)11(18-19)13(20)21/h3-4,17H,1-2,5H2,(H,20,21). The van der Waals surface area contributed by atoms with Gasteiger partial charge in [-0.3, -0.25) is 0 Å². The quantitative estimate of drug-likeness (QED) is 0.876. The van der Waals surface area contributed by atoms with E-state index in [1.165, 1.54) is 4.68 Å². The molecule has 1 aromatic heterocycles. The van der Waals surface area contributed by atoms with Gasteiger partial charge in [0.25, 0.3) is 0 Å². The van der Waals surface area contributed by atoms with E-state index in [0.717, 1.165) is 12.2 Å². The summed E-state index contributed by atoms with van der Waals surface area (Å²) in [7, 11) is 0. The molecular weight excluding hydrogens is 337 g/mol. The first kappa shape index (κ1) is 14.7. The number of nitrogens with zero attached hydrogens (tertiary/aromatic N) is 2. The number of benzene rings is 1. The van der Waals surface area contributed by atoms with Gasteiger partial charge < -0.3 is 10.4 Å². The number of carboxylic acid groups (broad SMARTS) is 1. The van der Waals surface area contributed by atoms with Crippen molar-refractivity contribution in [3.8, 4) is 5.69 Å². The third-order valence-corrected chi connectivity index (χ3v) is 4.12. The van der Waals surface area contributed by atoms with Gasteiger partial charge in [-0.1, -0.05) is 34.8 Å². The summed E-state index contributed by atoms with van der Waals surface area (Å²) in [6.07, 6.45) is 0.644. The van der Waals surface area contributed by atoms with E-state index in [9.17, 15) is 9.90 Å². The van der Waals surface area contributed by atoms with Gasteiger partial charge >= 0.3 is 5.97 Å². The van der Waals surface area contributed by atoms with Crippen LogP contribution in [-0.4, -0.2) is 27.4 Å². The van der Waals surface area contributed by atoms with Crippen molar-refractivity contribution >= 4 is 40.8 Å². The summed E-state index contributed by atoms with van der Waals surface area (Å²) in [5.41, 5.74) is 1.93. The lowest BCUT2D eigenvalue weighted by atomic mass is 10.1. The molecule has 0 fully saturated rings. The summed E-state index contributed by atoms with van der Waals surface area (Å²) in [6.45, 7) is 1.19. The number of fused-ring (bicyclic) bond motifs is 1. The first-order valence-corrected chi connectivity index (χ1v) is 7.32. The number of carbonyl (C=O) groups is 1. The molecule has 1 aromatic carbocycles. The van der Waals surface area contributed by atoms with Gasteiger partial charge in [-0.15, -0.1) is 0 Å². The average Bonchev–Trinajstić information content (AvgIpc) is 2.78. The van der Waals surface area contributed by atoms with E-state index in [0.29, 0.717) is 39.3 Å². The highest BCUT2D eigenvalue weighted by Crippen LogP contribution is 2.34. The topological polar surface area (TPSA) is 67.1 Å². The number of hydrogen-bond donors (Lipinski definition) is 2. The third kappa shape index (κ3) is 2.51. The maximum atomic E-state index is 11.4. The molecule has 2 aromatic rings. The lowest BCUT2D eigenvalue weighted by molar-refractivity contribution is 0.0688. The molecule has 110 valence electrons. The fourth-order valence-electron chi connectivity index (χ4n) is 2.44. The molecule has 21 heavy (non-hydrogen) atoms. The molecule has 0 spiro atoms. The van der Waals surface area contributed by atoms with Crippen LogP contribution in [0, 0.1) is 0 Å². The molecule has 3 rings (SSSR count). The van der Waals surface area contributed by atoms with Crippen molar-refractivity contribution in [3.63, 3.8) is 0 Å². The van der Waals surface area contributed by atoms with Gasteiger partial charge in [-0.2, -0.15) is 5.10 Å². The van der Waals surface area contributed by atoms with Gasteiger partial charge in [0.1, 0.15) is 5.69 Å². The first-order valence-electron chi connectivity index (χ1n) is 6.18. The van der Waals surface area contributed by atoms with Crippen molar-refractivity contribution in [2.75, 3.05) is 6.54 Å². The second kappa shape index (κ2) is 5.50. The Morgan fingerprint density at radius 2 is 1.95 bits per heavy atom. The average molecular weight is 347 g/mol. The van der Waals surface area contributed by atoms with Crippen LogP contribution in [0.1, 0.15) is 21.7 Å². The largest absolute Gasteiger partial charge is 0.476 e. The van der Waals surface area contributed by atoms with E-state index < -0.39 is 5.97 Å². The van der Waals surface area contributed by atoms with Crippen LogP contribution in [0.25, 0.3) is 5.69 Å². The van der Waals surface area contributed by atoms with Crippen LogP contribution in [0.3, 0.4) is 0 Å². The van der Waals surface area contributed by atoms with Crippen LogP contribution in [-0.2, 0) is 13.0 Å². The van der Waals surface area contributed by atoms with Crippen LogP contribution in [0.4, 0.5) is 0 Å².